The van der Waals surface area contributed by atoms with E-state index in [-0.39, 0.29) is 54.1 Å². The van der Waals surface area contributed by atoms with E-state index >= 15 is 0 Å². The van der Waals surface area contributed by atoms with Gasteiger partial charge in [0, 0.05) is 42.6 Å². The van der Waals surface area contributed by atoms with Gasteiger partial charge in [-0.25, -0.2) is 18.6 Å². The van der Waals surface area contributed by atoms with Crippen molar-refractivity contribution in [2.24, 2.45) is 39.6 Å². The molecule has 4 aliphatic carbocycles. The van der Waals surface area contributed by atoms with Gasteiger partial charge in [-0.15, -0.1) is 0 Å². The normalized spacial score (nSPS) is 41.6. The standard InChI is InChI=1S/C36H49N3O8S/c1-23-5-7-27(8-6-23)48(45,46)39-17-3-4-24(20-39)32(42)38-37-22-34-14-9-26(40)19-35(34,43)15-11-30-29(34)10-13-33(2)28(12-16-36(30,33)44)25-18-31(41)47-21-25/h5-8,18,22,24,26,28-30,40,43-44H,3-4,9-17,19-21H2,1-2H3,(H,38,42)/t24?,26-,28?,29+,30-,33?,34?,35?,36?/m1/s1. The molecular weight excluding hydrogens is 634 g/mol. The highest BCUT2D eigenvalue weighted by atomic mass is 32.2. The highest BCUT2D eigenvalue weighted by molar-refractivity contribution is 7.89. The van der Waals surface area contributed by atoms with Crippen molar-refractivity contribution < 1.29 is 38.1 Å². The number of carbonyl (C=O) groups excluding carboxylic acids is 2. The largest absolute Gasteiger partial charge is 0.458 e. The molecule has 9 atom stereocenters. The number of hydrazone groups is 1. The molecule has 48 heavy (non-hydrogen) atoms. The van der Waals surface area contributed by atoms with Crippen LogP contribution in [0.2, 0.25) is 0 Å². The maximum atomic E-state index is 13.5. The zero-order chi connectivity index (χ0) is 34.1. The van der Waals surface area contributed by atoms with Crippen LogP contribution in [0.5, 0.6) is 0 Å². The van der Waals surface area contributed by atoms with E-state index in [0.29, 0.717) is 57.9 Å². The maximum absolute atomic E-state index is 13.5. The molecule has 0 bridgehead atoms. The summed E-state index contributed by atoms with van der Waals surface area (Å²) in [4.78, 5) is 25.6. The quantitative estimate of drug-likeness (QED) is 0.202. The first-order valence-electron chi connectivity index (χ1n) is 17.6. The summed E-state index contributed by atoms with van der Waals surface area (Å²) in [7, 11) is -3.75. The van der Waals surface area contributed by atoms with Crippen molar-refractivity contribution in [1.29, 1.82) is 0 Å². The van der Waals surface area contributed by atoms with E-state index in [1.165, 1.54) is 4.31 Å². The summed E-state index contributed by atoms with van der Waals surface area (Å²) < 4.78 is 33.3. The summed E-state index contributed by atoms with van der Waals surface area (Å²) in [6.07, 6.45) is 8.67. The van der Waals surface area contributed by atoms with Crippen molar-refractivity contribution in [1.82, 2.24) is 9.73 Å². The summed E-state index contributed by atoms with van der Waals surface area (Å²) in [6.45, 7) is 4.71. The first-order chi connectivity index (χ1) is 22.7. The number of ether oxygens (including phenoxy) is 1. The van der Waals surface area contributed by atoms with Crippen LogP contribution in [0.3, 0.4) is 0 Å². The molecule has 4 saturated carbocycles. The van der Waals surface area contributed by atoms with E-state index in [4.69, 9.17) is 4.74 Å². The van der Waals surface area contributed by atoms with Crippen LogP contribution < -0.4 is 5.43 Å². The second-order valence-corrected chi connectivity index (χ2v) is 17.7. The number of amides is 1. The maximum Gasteiger partial charge on any atom is 0.331 e. The van der Waals surface area contributed by atoms with E-state index < -0.39 is 44.1 Å². The van der Waals surface area contributed by atoms with Crippen LogP contribution in [-0.2, 0) is 24.3 Å². The minimum atomic E-state index is -3.75. The Balaban J connectivity index is 1.11. The number of piperidine rings is 1. The van der Waals surface area contributed by atoms with Crippen molar-refractivity contribution in [3.63, 3.8) is 0 Å². The molecule has 0 aromatic heterocycles. The van der Waals surface area contributed by atoms with Gasteiger partial charge in [0.2, 0.25) is 15.9 Å². The number of carbonyl (C=O) groups is 2. The molecule has 7 rings (SSSR count). The number of aryl methyl sites for hydroxylation is 1. The number of esters is 1. The van der Waals surface area contributed by atoms with E-state index in [1.807, 2.05) is 6.92 Å². The highest BCUT2D eigenvalue weighted by Crippen LogP contribution is 2.70. The van der Waals surface area contributed by atoms with Crippen molar-refractivity contribution in [2.45, 2.75) is 107 Å². The molecule has 1 aromatic rings. The van der Waals surface area contributed by atoms with Crippen molar-refractivity contribution >= 4 is 28.1 Å². The number of hydrogen-bond donors (Lipinski definition) is 4. The van der Waals surface area contributed by atoms with Crippen molar-refractivity contribution in [2.75, 3.05) is 19.7 Å². The number of fused-ring (bicyclic) bond motifs is 5. The van der Waals surface area contributed by atoms with Crippen LogP contribution in [0.4, 0.5) is 0 Å². The number of nitrogens with zero attached hydrogens (tertiary/aromatic N) is 2. The van der Waals surface area contributed by atoms with E-state index in [0.717, 1.165) is 24.0 Å². The average molecular weight is 684 g/mol. The summed E-state index contributed by atoms with van der Waals surface area (Å²) in [5, 5.41) is 40.1. The molecule has 5 fully saturated rings. The lowest BCUT2D eigenvalue weighted by atomic mass is 9.41. The Kier molecular flexibility index (Phi) is 8.46. The number of benzene rings is 1. The number of aliphatic hydroxyl groups excluding tert-OH is 1. The van der Waals surface area contributed by atoms with Gasteiger partial charge in [0.25, 0.3) is 0 Å². The van der Waals surface area contributed by atoms with Crippen LogP contribution >= 0.6 is 0 Å². The van der Waals surface area contributed by atoms with E-state index in [1.54, 1.807) is 36.6 Å². The smallest absolute Gasteiger partial charge is 0.331 e. The Hall–Kier alpha value is -2.64. The van der Waals surface area contributed by atoms with Crippen LogP contribution in [-0.4, -0.2) is 83.1 Å². The van der Waals surface area contributed by atoms with Crippen LogP contribution in [0, 0.1) is 41.4 Å². The molecule has 1 saturated heterocycles. The minimum absolute atomic E-state index is 0.0395. The predicted octanol–water partition coefficient (Wildman–Crippen LogP) is 3.21. The SMILES string of the molecule is Cc1ccc(S(=O)(=O)N2CCCC(C(=O)NN=CC34CC[C@@H](O)CC3(O)CC[C@@H]3[C@@H]4CCC4(C)C(C5=CC(=O)OC5)CCC34O)C2)cc1. The van der Waals surface area contributed by atoms with E-state index in [2.05, 4.69) is 17.5 Å². The molecule has 1 aromatic carbocycles. The molecule has 0 spiro atoms. The summed E-state index contributed by atoms with van der Waals surface area (Å²) in [5.74, 6) is -1.48. The minimum Gasteiger partial charge on any atom is -0.458 e. The Morgan fingerprint density at radius 2 is 1.79 bits per heavy atom. The lowest BCUT2D eigenvalue weighted by Crippen LogP contribution is -2.68. The van der Waals surface area contributed by atoms with Gasteiger partial charge in [-0.1, -0.05) is 24.6 Å². The summed E-state index contributed by atoms with van der Waals surface area (Å²) >= 11 is 0. The highest BCUT2D eigenvalue weighted by Gasteiger charge is 2.71. The Morgan fingerprint density at radius 3 is 2.52 bits per heavy atom. The summed E-state index contributed by atoms with van der Waals surface area (Å²) in [6, 6.07) is 6.71. The number of nitrogens with one attached hydrogen (secondary N) is 1. The zero-order valence-electron chi connectivity index (χ0n) is 27.9. The van der Waals surface area contributed by atoms with Gasteiger partial charge >= 0.3 is 5.97 Å². The Morgan fingerprint density at radius 1 is 1.04 bits per heavy atom. The fourth-order valence-electron chi connectivity index (χ4n) is 10.9. The van der Waals surface area contributed by atoms with Crippen LogP contribution in [0.1, 0.15) is 83.1 Å². The van der Waals surface area contributed by atoms with Crippen molar-refractivity contribution in [3.05, 3.63) is 41.5 Å². The lowest BCUT2D eigenvalue weighted by Gasteiger charge is -2.65. The topological polar surface area (TPSA) is 166 Å². The third-order valence-corrected chi connectivity index (χ3v) is 15.4. The van der Waals surface area contributed by atoms with E-state index in [9.17, 15) is 33.3 Å². The fraction of sp³-hybridized carbons (Fsp3) is 0.694. The van der Waals surface area contributed by atoms with Gasteiger partial charge in [0.15, 0.2) is 0 Å². The molecule has 2 aliphatic heterocycles. The number of sulfonamides is 1. The number of aliphatic hydroxyl groups is 3. The molecule has 0 radical (unpaired) electrons. The number of cyclic esters (lactones) is 1. The molecule has 1 amide bonds. The second kappa shape index (κ2) is 12.0. The first-order valence-corrected chi connectivity index (χ1v) is 19.1. The molecule has 11 nitrogen and oxygen atoms in total. The fourth-order valence-corrected chi connectivity index (χ4v) is 12.4. The number of rotatable bonds is 6. The van der Waals surface area contributed by atoms with Crippen LogP contribution in [0.15, 0.2) is 45.9 Å². The Labute approximate surface area is 282 Å². The third-order valence-electron chi connectivity index (χ3n) is 13.5. The predicted molar refractivity (Wildman–Crippen MR) is 177 cm³/mol. The van der Waals surface area contributed by atoms with Gasteiger partial charge in [-0.3, -0.25) is 4.79 Å². The monoisotopic (exact) mass is 683 g/mol. The number of hydrogen-bond acceptors (Lipinski definition) is 9. The average Bonchev–Trinajstić information content (AvgIpc) is 3.60. The molecule has 2 heterocycles. The molecule has 12 heteroatoms. The lowest BCUT2D eigenvalue weighted by molar-refractivity contribution is -0.237. The zero-order valence-corrected chi connectivity index (χ0v) is 28.8. The summed E-state index contributed by atoms with van der Waals surface area (Å²) in [5.41, 5.74) is 1.05. The van der Waals surface area contributed by atoms with Gasteiger partial charge in [0.05, 0.1) is 28.1 Å². The third kappa shape index (κ3) is 5.20. The molecule has 6 unspecified atom stereocenters. The molecule has 6 aliphatic rings. The second-order valence-electron chi connectivity index (χ2n) is 15.8. The van der Waals surface area contributed by atoms with Crippen molar-refractivity contribution in [3.8, 4) is 0 Å². The Bertz CT molecular complexity index is 1630. The van der Waals surface area contributed by atoms with Crippen LogP contribution in [0.25, 0.3) is 0 Å². The van der Waals surface area contributed by atoms with Gasteiger partial charge in [0.1, 0.15) is 6.61 Å². The molecule has 262 valence electrons. The van der Waals surface area contributed by atoms with Gasteiger partial charge in [-0.2, -0.15) is 9.41 Å². The van der Waals surface area contributed by atoms with Gasteiger partial charge < -0.3 is 20.1 Å². The molecular formula is C36H49N3O8S. The molecule has 4 N–H and O–H groups in total. The van der Waals surface area contributed by atoms with Gasteiger partial charge in [-0.05, 0) is 107 Å². The first kappa shape index (κ1) is 33.8.